The van der Waals surface area contributed by atoms with E-state index < -0.39 is 0 Å². The Morgan fingerprint density at radius 2 is 1.77 bits per heavy atom. The highest BCUT2D eigenvalue weighted by atomic mass is 16.5. The SMILES string of the molecule is COc1ccccc1C(=O)N1CCc2c(C(=O)N(C)[C@@H](C)c3ccco3)c(OC)cc(=O)n2CC1. The average Bonchev–Trinajstić information content (AvgIpc) is 3.33. The Labute approximate surface area is 203 Å². The number of hydrogen-bond donors (Lipinski definition) is 0. The van der Waals surface area contributed by atoms with Gasteiger partial charge in [-0.05, 0) is 31.2 Å². The Bertz CT molecular complexity index is 1280. The Balaban J connectivity index is 1.68. The van der Waals surface area contributed by atoms with E-state index in [0.29, 0.717) is 47.8 Å². The van der Waals surface area contributed by atoms with Crippen LogP contribution < -0.4 is 15.0 Å². The van der Waals surface area contributed by atoms with Gasteiger partial charge in [0.05, 0.1) is 32.1 Å². The Kier molecular flexibility index (Phi) is 6.95. The van der Waals surface area contributed by atoms with Gasteiger partial charge in [0.25, 0.3) is 17.4 Å². The predicted molar refractivity (Wildman–Crippen MR) is 129 cm³/mol. The van der Waals surface area contributed by atoms with Gasteiger partial charge in [-0.3, -0.25) is 14.4 Å². The van der Waals surface area contributed by atoms with Crippen LogP contribution in [0.15, 0.2) is 57.9 Å². The average molecular weight is 480 g/mol. The summed E-state index contributed by atoms with van der Waals surface area (Å²) in [5.41, 5.74) is 1.05. The second-order valence-corrected chi connectivity index (χ2v) is 8.37. The molecule has 9 heteroatoms. The largest absolute Gasteiger partial charge is 0.496 e. The topological polar surface area (TPSA) is 94.2 Å². The van der Waals surface area contributed by atoms with Crippen molar-refractivity contribution in [2.45, 2.75) is 25.9 Å². The summed E-state index contributed by atoms with van der Waals surface area (Å²) >= 11 is 0. The molecule has 1 aliphatic heterocycles. The number of pyridine rings is 1. The molecule has 0 spiro atoms. The lowest BCUT2D eigenvalue weighted by Gasteiger charge is -2.26. The fourth-order valence-corrected chi connectivity index (χ4v) is 4.41. The fourth-order valence-electron chi connectivity index (χ4n) is 4.41. The first-order chi connectivity index (χ1) is 16.9. The molecule has 0 bridgehead atoms. The van der Waals surface area contributed by atoms with Crippen LogP contribution in [0, 0.1) is 0 Å². The van der Waals surface area contributed by atoms with Crippen molar-refractivity contribution in [1.29, 1.82) is 0 Å². The van der Waals surface area contributed by atoms with E-state index in [4.69, 9.17) is 13.9 Å². The summed E-state index contributed by atoms with van der Waals surface area (Å²) in [6.45, 7) is 2.78. The molecule has 35 heavy (non-hydrogen) atoms. The number of nitrogens with zero attached hydrogens (tertiary/aromatic N) is 3. The van der Waals surface area contributed by atoms with E-state index in [-0.39, 0.29) is 35.7 Å². The van der Waals surface area contributed by atoms with Gasteiger partial charge in [0.15, 0.2) is 0 Å². The van der Waals surface area contributed by atoms with Gasteiger partial charge in [0.2, 0.25) is 0 Å². The number of amides is 2. The van der Waals surface area contributed by atoms with E-state index in [1.165, 1.54) is 20.3 Å². The molecule has 0 fully saturated rings. The molecule has 184 valence electrons. The third-order valence-electron chi connectivity index (χ3n) is 6.51. The monoisotopic (exact) mass is 479 g/mol. The number of fused-ring (bicyclic) bond motifs is 1. The second kappa shape index (κ2) is 10.1. The van der Waals surface area contributed by atoms with Gasteiger partial charge in [-0.25, -0.2) is 0 Å². The van der Waals surface area contributed by atoms with Crippen LogP contribution in [-0.4, -0.2) is 60.5 Å². The van der Waals surface area contributed by atoms with E-state index in [9.17, 15) is 14.4 Å². The van der Waals surface area contributed by atoms with E-state index in [0.717, 1.165) is 0 Å². The maximum atomic E-state index is 13.7. The number of aromatic nitrogens is 1. The molecular formula is C26H29N3O6. The van der Waals surface area contributed by atoms with Crippen molar-refractivity contribution in [3.05, 3.63) is 81.7 Å². The zero-order chi connectivity index (χ0) is 25.1. The van der Waals surface area contributed by atoms with Crippen LogP contribution in [0.3, 0.4) is 0 Å². The van der Waals surface area contributed by atoms with Crippen molar-refractivity contribution in [3.63, 3.8) is 0 Å². The molecular weight excluding hydrogens is 450 g/mol. The normalized spacial score (nSPS) is 14.0. The molecule has 0 N–H and O–H groups in total. The highest BCUT2D eigenvalue weighted by Gasteiger charge is 2.31. The summed E-state index contributed by atoms with van der Waals surface area (Å²) in [6, 6.07) is 11.6. The van der Waals surface area contributed by atoms with Crippen molar-refractivity contribution in [3.8, 4) is 11.5 Å². The summed E-state index contributed by atoms with van der Waals surface area (Å²) in [6.07, 6.45) is 1.88. The Morgan fingerprint density at radius 1 is 1.03 bits per heavy atom. The Morgan fingerprint density at radius 3 is 2.46 bits per heavy atom. The zero-order valence-electron chi connectivity index (χ0n) is 20.3. The zero-order valence-corrected chi connectivity index (χ0v) is 20.3. The van der Waals surface area contributed by atoms with Gasteiger partial charge in [-0.15, -0.1) is 0 Å². The molecule has 0 unspecified atom stereocenters. The second-order valence-electron chi connectivity index (χ2n) is 8.37. The molecule has 1 aliphatic rings. The number of methoxy groups -OCH3 is 2. The molecule has 2 amide bonds. The first-order valence-electron chi connectivity index (χ1n) is 11.4. The van der Waals surface area contributed by atoms with Crippen molar-refractivity contribution < 1.29 is 23.5 Å². The summed E-state index contributed by atoms with van der Waals surface area (Å²) in [5.74, 6) is 0.870. The molecule has 9 nitrogen and oxygen atoms in total. The van der Waals surface area contributed by atoms with Gasteiger partial charge in [0, 0.05) is 44.9 Å². The smallest absolute Gasteiger partial charge is 0.259 e. The number of hydrogen-bond acceptors (Lipinski definition) is 6. The minimum absolute atomic E-state index is 0.188. The van der Waals surface area contributed by atoms with Crippen LogP contribution in [-0.2, 0) is 13.0 Å². The summed E-state index contributed by atoms with van der Waals surface area (Å²) in [7, 11) is 4.65. The highest BCUT2D eigenvalue weighted by molar-refractivity contribution is 5.99. The molecule has 0 aliphatic carbocycles. The lowest BCUT2D eigenvalue weighted by Crippen LogP contribution is -2.34. The van der Waals surface area contributed by atoms with Crippen LogP contribution in [0.25, 0.3) is 0 Å². The molecule has 1 atom stereocenters. The quantitative estimate of drug-likeness (QED) is 0.540. The molecule has 3 aromatic rings. The highest BCUT2D eigenvalue weighted by Crippen LogP contribution is 2.28. The molecule has 1 aromatic carbocycles. The molecule has 4 rings (SSSR count). The molecule has 0 saturated carbocycles. The molecule has 0 radical (unpaired) electrons. The third kappa shape index (κ3) is 4.53. The lowest BCUT2D eigenvalue weighted by atomic mass is 10.1. The number of carbonyl (C=O) groups is 2. The van der Waals surface area contributed by atoms with E-state index in [1.54, 1.807) is 58.0 Å². The number of furan rings is 1. The lowest BCUT2D eigenvalue weighted by molar-refractivity contribution is 0.0720. The first kappa shape index (κ1) is 24.1. The number of ether oxygens (including phenoxy) is 2. The summed E-state index contributed by atoms with van der Waals surface area (Å²) in [5, 5.41) is 0. The van der Waals surface area contributed by atoms with Gasteiger partial charge < -0.3 is 28.3 Å². The van der Waals surface area contributed by atoms with Crippen molar-refractivity contribution in [1.82, 2.24) is 14.4 Å². The summed E-state index contributed by atoms with van der Waals surface area (Å²) < 4.78 is 17.9. The number of rotatable bonds is 6. The van der Waals surface area contributed by atoms with Crippen LogP contribution in [0.4, 0.5) is 0 Å². The van der Waals surface area contributed by atoms with Crippen LogP contribution in [0.1, 0.15) is 45.1 Å². The first-order valence-corrected chi connectivity index (χ1v) is 11.4. The maximum Gasteiger partial charge on any atom is 0.259 e. The number of para-hydroxylation sites is 1. The predicted octanol–water partition coefficient (Wildman–Crippen LogP) is 2.99. The van der Waals surface area contributed by atoms with E-state index in [2.05, 4.69) is 0 Å². The number of carbonyl (C=O) groups excluding carboxylic acids is 2. The number of benzene rings is 1. The van der Waals surface area contributed by atoms with Gasteiger partial charge >= 0.3 is 0 Å². The van der Waals surface area contributed by atoms with Crippen LogP contribution in [0.2, 0.25) is 0 Å². The Hall–Kier alpha value is -4.01. The molecule has 3 heterocycles. The summed E-state index contributed by atoms with van der Waals surface area (Å²) in [4.78, 5) is 43.1. The van der Waals surface area contributed by atoms with Crippen LogP contribution in [0.5, 0.6) is 11.5 Å². The van der Waals surface area contributed by atoms with Gasteiger partial charge in [-0.1, -0.05) is 12.1 Å². The minimum atomic E-state index is -0.329. The van der Waals surface area contributed by atoms with Gasteiger partial charge in [0.1, 0.15) is 22.8 Å². The van der Waals surface area contributed by atoms with Crippen molar-refractivity contribution in [2.24, 2.45) is 0 Å². The third-order valence-corrected chi connectivity index (χ3v) is 6.51. The fraction of sp³-hybridized carbons (Fsp3) is 0.346. The minimum Gasteiger partial charge on any atom is -0.496 e. The molecule has 2 aromatic heterocycles. The van der Waals surface area contributed by atoms with Gasteiger partial charge in [-0.2, -0.15) is 0 Å². The van der Waals surface area contributed by atoms with E-state index in [1.807, 2.05) is 13.0 Å². The van der Waals surface area contributed by atoms with E-state index >= 15 is 0 Å². The molecule has 0 saturated heterocycles. The van der Waals surface area contributed by atoms with Crippen molar-refractivity contribution >= 4 is 11.8 Å². The van der Waals surface area contributed by atoms with Crippen LogP contribution >= 0.6 is 0 Å². The maximum absolute atomic E-state index is 13.7. The standard InChI is InChI=1S/C26H29N3O6/c1-17(20-10-7-15-35-20)27(2)26(32)24-19-11-12-28(13-14-29(19)23(30)16-22(24)34-4)25(31)18-8-5-6-9-21(18)33-3/h5-10,15-17H,11-14H2,1-4H3/t17-/m0/s1. The van der Waals surface area contributed by atoms with Crippen molar-refractivity contribution in [2.75, 3.05) is 34.4 Å².